The van der Waals surface area contributed by atoms with E-state index in [1.165, 1.54) is 6.42 Å². The fourth-order valence-corrected chi connectivity index (χ4v) is 2.11. The third-order valence-corrected chi connectivity index (χ3v) is 3.20. The Kier molecular flexibility index (Phi) is 3.59. The highest BCUT2D eigenvalue weighted by molar-refractivity contribution is 5.74. The molecule has 2 unspecified atom stereocenters. The molecule has 1 aliphatic carbocycles. The van der Waals surface area contributed by atoms with Crippen LogP contribution in [-0.2, 0) is 9.53 Å². The van der Waals surface area contributed by atoms with Gasteiger partial charge in [0.15, 0.2) is 0 Å². The van der Waals surface area contributed by atoms with Crippen LogP contribution in [0.4, 0.5) is 0 Å². The molecule has 0 aromatic carbocycles. The van der Waals surface area contributed by atoms with Crippen LogP contribution in [0.5, 0.6) is 0 Å². The average Bonchev–Trinajstić information content (AvgIpc) is 3.03. The zero-order valence-electron chi connectivity index (χ0n) is 8.95. The van der Waals surface area contributed by atoms with E-state index in [4.69, 9.17) is 9.84 Å². The molecule has 0 radical (unpaired) electrons. The van der Waals surface area contributed by atoms with Crippen molar-refractivity contribution in [2.45, 2.75) is 44.2 Å². The van der Waals surface area contributed by atoms with Crippen LogP contribution >= 0.6 is 0 Å². The maximum Gasteiger partial charge on any atom is 0.320 e. The molecule has 0 aromatic rings. The molecule has 2 atom stereocenters. The molecule has 0 bridgehead atoms. The third kappa shape index (κ3) is 3.18. The highest BCUT2D eigenvalue weighted by Gasteiger charge is 2.36. The van der Waals surface area contributed by atoms with Gasteiger partial charge in [0.25, 0.3) is 0 Å². The largest absolute Gasteiger partial charge is 0.480 e. The van der Waals surface area contributed by atoms with Gasteiger partial charge in [-0.25, -0.2) is 0 Å². The Morgan fingerprint density at radius 1 is 1.40 bits per heavy atom. The number of hydrogen-bond donors (Lipinski definition) is 2. The summed E-state index contributed by atoms with van der Waals surface area (Å²) in [7, 11) is 0. The minimum Gasteiger partial charge on any atom is -0.480 e. The number of nitrogens with one attached hydrogen (secondary N) is 1. The second-order valence-electron chi connectivity index (χ2n) is 4.55. The minimum atomic E-state index is -0.715. The van der Waals surface area contributed by atoms with E-state index in [0.717, 1.165) is 32.3 Å². The number of hydrogen-bond acceptors (Lipinski definition) is 3. The normalized spacial score (nSPS) is 28.7. The maximum absolute atomic E-state index is 11.0. The van der Waals surface area contributed by atoms with Crippen LogP contribution in [-0.4, -0.2) is 36.4 Å². The first-order valence-electron chi connectivity index (χ1n) is 5.85. The summed E-state index contributed by atoms with van der Waals surface area (Å²) < 4.78 is 5.55. The summed E-state index contributed by atoms with van der Waals surface area (Å²) >= 11 is 0. The van der Waals surface area contributed by atoms with Gasteiger partial charge < -0.3 is 15.2 Å². The fourth-order valence-electron chi connectivity index (χ4n) is 2.11. The van der Waals surface area contributed by atoms with Gasteiger partial charge in [-0.1, -0.05) is 0 Å². The van der Waals surface area contributed by atoms with Gasteiger partial charge >= 0.3 is 5.97 Å². The van der Waals surface area contributed by atoms with Crippen LogP contribution in [0.15, 0.2) is 0 Å². The van der Waals surface area contributed by atoms with Gasteiger partial charge in [0.1, 0.15) is 6.04 Å². The summed E-state index contributed by atoms with van der Waals surface area (Å²) in [5.74, 6) is -0.362. The molecule has 1 saturated carbocycles. The van der Waals surface area contributed by atoms with Gasteiger partial charge in [-0.3, -0.25) is 4.79 Å². The van der Waals surface area contributed by atoms with Gasteiger partial charge in [-0.2, -0.15) is 0 Å². The lowest BCUT2D eigenvalue weighted by Crippen LogP contribution is -2.43. The molecule has 0 amide bonds. The van der Waals surface area contributed by atoms with Crippen molar-refractivity contribution in [2.75, 3.05) is 13.2 Å². The van der Waals surface area contributed by atoms with E-state index < -0.39 is 5.97 Å². The smallest absolute Gasteiger partial charge is 0.320 e. The summed E-state index contributed by atoms with van der Waals surface area (Å²) in [4.78, 5) is 11.0. The van der Waals surface area contributed by atoms with E-state index in [1.54, 1.807) is 0 Å². The molecule has 4 nitrogen and oxygen atoms in total. The zero-order valence-corrected chi connectivity index (χ0v) is 8.95. The van der Waals surface area contributed by atoms with E-state index in [0.29, 0.717) is 12.5 Å². The molecule has 15 heavy (non-hydrogen) atoms. The number of carboxylic acid groups (broad SMARTS) is 1. The first-order valence-corrected chi connectivity index (χ1v) is 5.85. The summed E-state index contributed by atoms with van der Waals surface area (Å²) in [6.45, 7) is 1.51. The molecule has 2 rings (SSSR count). The van der Waals surface area contributed by atoms with Gasteiger partial charge in [0.2, 0.25) is 0 Å². The van der Waals surface area contributed by atoms with E-state index in [9.17, 15) is 4.79 Å². The molecule has 1 aliphatic heterocycles. The molecule has 1 saturated heterocycles. The molecule has 86 valence electrons. The average molecular weight is 213 g/mol. The third-order valence-electron chi connectivity index (χ3n) is 3.20. The molecular formula is C11H19NO3. The predicted molar refractivity (Wildman–Crippen MR) is 55.7 cm³/mol. The molecule has 2 N–H and O–H groups in total. The summed E-state index contributed by atoms with van der Waals surface area (Å²) in [6.07, 6.45) is 5.73. The quantitative estimate of drug-likeness (QED) is 0.715. The number of carbonyl (C=O) groups is 1. The molecule has 2 aliphatic rings. The van der Waals surface area contributed by atoms with Crippen LogP contribution in [0.2, 0.25) is 0 Å². The lowest BCUT2D eigenvalue weighted by atomic mass is 10.1. The van der Waals surface area contributed by atoms with Crippen molar-refractivity contribution in [2.24, 2.45) is 5.92 Å². The van der Waals surface area contributed by atoms with Gasteiger partial charge in [-0.15, -0.1) is 0 Å². The molecule has 2 fully saturated rings. The van der Waals surface area contributed by atoms with Crippen molar-refractivity contribution < 1.29 is 14.6 Å². The van der Waals surface area contributed by atoms with Crippen molar-refractivity contribution in [3.05, 3.63) is 0 Å². The van der Waals surface area contributed by atoms with Crippen LogP contribution < -0.4 is 5.32 Å². The monoisotopic (exact) mass is 213 g/mol. The van der Waals surface area contributed by atoms with E-state index in [-0.39, 0.29) is 12.1 Å². The first-order chi connectivity index (χ1) is 7.27. The number of ether oxygens (including phenoxy) is 1. The van der Waals surface area contributed by atoms with Crippen molar-refractivity contribution in [3.8, 4) is 0 Å². The Labute approximate surface area is 90.0 Å². The van der Waals surface area contributed by atoms with E-state index in [1.807, 2.05) is 0 Å². The zero-order chi connectivity index (χ0) is 10.7. The highest BCUT2D eigenvalue weighted by Crippen LogP contribution is 2.32. The molecular weight excluding hydrogens is 194 g/mol. The Bertz CT molecular complexity index is 222. The minimum absolute atomic E-state index is 0.222. The summed E-state index contributed by atoms with van der Waals surface area (Å²) in [6, 6.07) is -0.351. The van der Waals surface area contributed by atoms with Crippen molar-refractivity contribution >= 4 is 5.97 Å². The second kappa shape index (κ2) is 4.94. The summed E-state index contributed by atoms with van der Waals surface area (Å²) in [5, 5.41) is 12.1. The Hall–Kier alpha value is -0.610. The molecule has 0 aromatic heterocycles. The fraction of sp³-hybridized carbons (Fsp3) is 0.909. The molecule has 4 heteroatoms. The van der Waals surface area contributed by atoms with E-state index in [2.05, 4.69) is 5.32 Å². The molecule has 0 spiro atoms. The van der Waals surface area contributed by atoms with E-state index >= 15 is 0 Å². The first kappa shape index (κ1) is 10.9. The topological polar surface area (TPSA) is 58.6 Å². The number of aliphatic carboxylic acids is 1. The van der Waals surface area contributed by atoms with Crippen LogP contribution in [0, 0.1) is 5.92 Å². The lowest BCUT2D eigenvalue weighted by molar-refractivity contribution is -0.140. The van der Waals surface area contributed by atoms with Crippen LogP contribution in [0.25, 0.3) is 0 Å². The lowest BCUT2D eigenvalue weighted by Gasteiger charge is -2.24. The highest BCUT2D eigenvalue weighted by atomic mass is 16.5. The van der Waals surface area contributed by atoms with Gasteiger partial charge in [0, 0.05) is 13.2 Å². The maximum atomic E-state index is 11.0. The predicted octanol–water partition coefficient (Wildman–Crippen LogP) is 1.01. The Balaban J connectivity index is 1.72. The van der Waals surface area contributed by atoms with Crippen LogP contribution in [0.1, 0.15) is 32.1 Å². The van der Waals surface area contributed by atoms with Gasteiger partial charge in [-0.05, 0) is 38.0 Å². The Morgan fingerprint density at radius 3 is 2.73 bits per heavy atom. The van der Waals surface area contributed by atoms with Crippen molar-refractivity contribution in [3.63, 3.8) is 0 Å². The SMILES string of the molecule is O=C(O)C(NCC1CCCCO1)C1CC1. The second-order valence-corrected chi connectivity index (χ2v) is 4.55. The standard InChI is InChI=1S/C11H19NO3/c13-11(14)10(8-4-5-8)12-7-9-3-1-2-6-15-9/h8-10,12H,1-7H2,(H,13,14). The van der Waals surface area contributed by atoms with Crippen LogP contribution in [0.3, 0.4) is 0 Å². The van der Waals surface area contributed by atoms with Crippen molar-refractivity contribution in [1.29, 1.82) is 0 Å². The van der Waals surface area contributed by atoms with Gasteiger partial charge in [0.05, 0.1) is 6.10 Å². The number of rotatable bonds is 5. The Morgan fingerprint density at radius 2 is 2.20 bits per heavy atom. The molecule has 1 heterocycles. The number of carboxylic acids is 1. The summed E-state index contributed by atoms with van der Waals surface area (Å²) in [5.41, 5.74) is 0. The van der Waals surface area contributed by atoms with Crippen molar-refractivity contribution in [1.82, 2.24) is 5.32 Å².